The Bertz CT molecular complexity index is 411. The summed E-state index contributed by atoms with van der Waals surface area (Å²) in [5.74, 6) is 0.0681. The lowest BCUT2D eigenvalue weighted by Crippen LogP contribution is -2.18. The lowest BCUT2D eigenvalue weighted by atomic mass is 9.89. The van der Waals surface area contributed by atoms with Crippen LogP contribution in [-0.4, -0.2) is 31.3 Å². The molecule has 17 heavy (non-hydrogen) atoms. The molecule has 0 N–H and O–H groups in total. The molecule has 1 aromatic heterocycles. The molecule has 0 saturated carbocycles. The summed E-state index contributed by atoms with van der Waals surface area (Å²) in [5.41, 5.74) is 2.57. The Morgan fingerprint density at radius 2 is 2.18 bits per heavy atom. The first kappa shape index (κ1) is 12.0. The van der Waals surface area contributed by atoms with Gasteiger partial charge in [0.2, 0.25) is 0 Å². The summed E-state index contributed by atoms with van der Waals surface area (Å²) >= 11 is 0. The lowest BCUT2D eigenvalue weighted by Gasteiger charge is -2.24. The molecule has 0 atom stereocenters. The van der Waals surface area contributed by atoms with Crippen LogP contribution in [0, 0.1) is 6.92 Å². The highest BCUT2D eigenvalue weighted by Gasteiger charge is 2.22. The van der Waals surface area contributed by atoms with Gasteiger partial charge in [0.1, 0.15) is 0 Å². The van der Waals surface area contributed by atoms with E-state index < -0.39 is 0 Å². The normalized spacial score (nSPS) is 16.8. The fourth-order valence-corrected chi connectivity index (χ4v) is 2.21. The Hall–Kier alpha value is -1.42. The Morgan fingerprint density at radius 3 is 2.82 bits per heavy atom. The summed E-state index contributed by atoms with van der Waals surface area (Å²) in [6.07, 6.45) is 3.52. The highest BCUT2D eigenvalue weighted by Crippen LogP contribution is 2.29. The summed E-state index contributed by atoms with van der Waals surface area (Å²) < 4.78 is 10.1. The van der Waals surface area contributed by atoms with E-state index in [0.717, 1.165) is 37.3 Å². The van der Waals surface area contributed by atoms with Crippen molar-refractivity contribution in [3.05, 3.63) is 29.1 Å². The van der Waals surface area contributed by atoms with E-state index in [0.29, 0.717) is 11.5 Å². The van der Waals surface area contributed by atoms with Crippen molar-refractivity contribution in [3.8, 4) is 0 Å². The van der Waals surface area contributed by atoms with Gasteiger partial charge in [-0.2, -0.15) is 0 Å². The molecule has 4 nitrogen and oxygen atoms in total. The zero-order valence-corrected chi connectivity index (χ0v) is 10.2. The van der Waals surface area contributed by atoms with E-state index in [-0.39, 0.29) is 5.97 Å². The van der Waals surface area contributed by atoms with E-state index in [4.69, 9.17) is 9.47 Å². The first-order valence-corrected chi connectivity index (χ1v) is 5.85. The smallest absolute Gasteiger partial charge is 0.339 e. The monoisotopic (exact) mass is 235 g/mol. The van der Waals surface area contributed by atoms with Gasteiger partial charge >= 0.3 is 5.97 Å². The summed E-state index contributed by atoms with van der Waals surface area (Å²) in [6, 6.07) is 1.99. The van der Waals surface area contributed by atoms with Gasteiger partial charge in [-0.25, -0.2) is 4.79 Å². The highest BCUT2D eigenvalue weighted by atomic mass is 16.5. The predicted molar refractivity (Wildman–Crippen MR) is 63.1 cm³/mol. The zero-order valence-electron chi connectivity index (χ0n) is 10.2. The van der Waals surface area contributed by atoms with Crippen LogP contribution in [-0.2, 0) is 9.47 Å². The third-order valence-electron chi connectivity index (χ3n) is 3.14. The van der Waals surface area contributed by atoms with Crippen LogP contribution >= 0.6 is 0 Å². The van der Waals surface area contributed by atoms with Gasteiger partial charge in [-0.3, -0.25) is 4.98 Å². The average molecular weight is 235 g/mol. The van der Waals surface area contributed by atoms with Crippen molar-refractivity contribution in [1.29, 1.82) is 0 Å². The van der Waals surface area contributed by atoms with E-state index in [2.05, 4.69) is 4.98 Å². The van der Waals surface area contributed by atoms with Gasteiger partial charge in [-0.05, 0) is 37.3 Å². The van der Waals surface area contributed by atoms with E-state index in [9.17, 15) is 4.79 Å². The molecule has 0 unspecified atom stereocenters. The van der Waals surface area contributed by atoms with E-state index in [1.165, 1.54) is 7.11 Å². The summed E-state index contributed by atoms with van der Waals surface area (Å²) in [7, 11) is 1.40. The van der Waals surface area contributed by atoms with Gasteiger partial charge < -0.3 is 9.47 Å². The number of aryl methyl sites for hydroxylation is 1. The number of esters is 1. The summed E-state index contributed by atoms with van der Waals surface area (Å²) in [4.78, 5) is 15.9. The second kappa shape index (κ2) is 5.27. The minimum absolute atomic E-state index is 0.306. The van der Waals surface area contributed by atoms with Crippen molar-refractivity contribution in [2.75, 3.05) is 20.3 Å². The molecule has 2 heterocycles. The largest absolute Gasteiger partial charge is 0.465 e. The molecule has 1 aliphatic rings. The molecule has 0 aliphatic carbocycles. The van der Waals surface area contributed by atoms with Crippen LogP contribution in [0.3, 0.4) is 0 Å². The van der Waals surface area contributed by atoms with Crippen LogP contribution in [0.4, 0.5) is 0 Å². The number of hydrogen-bond donors (Lipinski definition) is 0. The summed E-state index contributed by atoms with van der Waals surface area (Å²) in [6.45, 7) is 3.45. The quantitative estimate of drug-likeness (QED) is 0.736. The fraction of sp³-hybridized carbons (Fsp3) is 0.538. The Morgan fingerprint density at radius 1 is 1.47 bits per heavy atom. The molecule has 1 aliphatic heterocycles. The molecule has 0 spiro atoms. The fourth-order valence-electron chi connectivity index (χ4n) is 2.21. The molecular weight excluding hydrogens is 218 g/mol. The number of aromatic nitrogens is 1. The molecule has 0 amide bonds. The number of carbonyl (C=O) groups is 1. The number of nitrogens with zero attached hydrogens (tertiary/aromatic N) is 1. The van der Waals surface area contributed by atoms with Gasteiger partial charge in [-0.15, -0.1) is 0 Å². The van der Waals surface area contributed by atoms with Crippen molar-refractivity contribution in [2.45, 2.75) is 25.7 Å². The number of pyridine rings is 1. The number of rotatable bonds is 2. The first-order valence-electron chi connectivity index (χ1n) is 5.85. The van der Waals surface area contributed by atoms with E-state index in [1.54, 1.807) is 6.20 Å². The molecule has 0 bridgehead atoms. The molecular formula is C13H17NO3. The predicted octanol–water partition coefficient (Wildman–Crippen LogP) is 2.07. The number of ether oxygens (including phenoxy) is 2. The summed E-state index contributed by atoms with van der Waals surface area (Å²) in [5, 5.41) is 0. The standard InChI is InChI=1S/C13H17NO3/c1-9-7-11(10-3-5-17-6-4-10)12(8-14-9)13(15)16-2/h7-8,10H,3-6H2,1-2H3. The molecule has 0 radical (unpaired) electrons. The molecule has 0 aromatic carbocycles. The van der Waals surface area contributed by atoms with Crippen molar-refractivity contribution in [1.82, 2.24) is 4.98 Å². The van der Waals surface area contributed by atoms with Crippen LogP contribution in [0.5, 0.6) is 0 Å². The average Bonchev–Trinajstić information content (AvgIpc) is 2.39. The van der Waals surface area contributed by atoms with Crippen LogP contribution in [0.2, 0.25) is 0 Å². The molecule has 1 aromatic rings. The van der Waals surface area contributed by atoms with E-state index in [1.807, 2.05) is 13.0 Å². The Balaban J connectivity index is 2.35. The minimum Gasteiger partial charge on any atom is -0.465 e. The van der Waals surface area contributed by atoms with Gasteiger partial charge in [0.15, 0.2) is 0 Å². The Kier molecular flexibility index (Phi) is 3.74. The maximum Gasteiger partial charge on any atom is 0.339 e. The second-order valence-corrected chi connectivity index (χ2v) is 4.29. The van der Waals surface area contributed by atoms with Crippen molar-refractivity contribution in [2.24, 2.45) is 0 Å². The highest BCUT2D eigenvalue weighted by molar-refractivity contribution is 5.90. The van der Waals surface area contributed by atoms with Gasteiger partial charge in [0.25, 0.3) is 0 Å². The molecule has 2 rings (SSSR count). The maximum atomic E-state index is 11.7. The van der Waals surface area contributed by atoms with Crippen molar-refractivity contribution in [3.63, 3.8) is 0 Å². The number of carbonyl (C=O) groups excluding carboxylic acids is 1. The van der Waals surface area contributed by atoms with Crippen LogP contribution in [0.1, 0.15) is 40.4 Å². The molecule has 1 fully saturated rings. The molecule has 92 valence electrons. The molecule has 4 heteroatoms. The molecule has 1 saturated heterocycles. The van der Waals surface area contributed by atoms with Crippen LogP contribution < -0.4 is 0 Å². The number of hydrogen-bond acceptors (Lipinski definition) is 4. The maximum absolute atomic E-state index is 11.7. The SMILES string of the molecule is COC(=O)c1cnc(C)cc1C1CCOCC1. The first-order chi connectivity index (χ1) is 8.22. The zero-order chi connectivity index (χ0) is 12.3. The second-order valence-electron chi connectivity index (χ2n) is 4.29. The van der Waals surface area contributed by atoms with Crippen molar-refractivity contribution < 1.29 is 14.3 Å². The van der Waals surface area contributed by atoms with Crippen LogP contribution in [0.15, 0.2) is 12.3 Å². The third kappa shape index (κ3) is 2.64. The van der Waals surface area contributed by atoms with Gasteiger partial charge in [-0.1, -0.05) is 0 Å². The topological polar surface area (TPSA) is 48.4 Å². The Labute approximate surface area is 101 Å². The number of methoxy groups -OCH3 is 1. The minimum atomic E-state index is -0.306. The van der Waals surface area contributed by atoms with Crippen molar-refractivity contribution >= 4 is 5.97 Å². The van der Waals surface area contributed by atoms with Gasteiger partial charge in [0, 0.05) is 25.1 Å². The van der Waals surface area contributed by atoms with Crippen LogP contribution in [0.25, 0.3) is 0 Å². The van der Waals surface area contributed by atoms with E-state index >= 15 is 0 Å². The lowest BCUT2D eigenvalue weighted by molar-refractivity contribution is 0.0592. The third-order valence-corrected chi connectivity index (χ3v) is 3.14. The van der Waals surface area contributed by atoms with Gasteiger partial charge in [0.05, 0.1) is 12.7 Å².